The standard InChI is InChI=1S/C15H27F3N4/c1-19-14(20-7-6-15(16,17)18)22-10-5-13(12-22)11-21-8-3-2-4-9-21/h13H,2-12H2,1H3,(H,19,20). The van der Waals surface area contributed by atoms with Crippen LogP contribution in [0.25, 0.3) is 0 Å². The van der Waals surface area contributed by atoms with Crippen LogP contribution in [0, 0.1) is 5.92 Å². The summed E-state index contributed by atoms with van der Waals surface area (Å²) >= 11 is 0. The Morgan fingerprint density at radius 1 is 1.18 bits per heavy atom. The van der Waals surface area contributed by atoms with E-state index in [0.717, 1.165) is 26.1 Å². The lowest BCUT2D eigenvalue weighted by atomic mass is 10.1. The summed E-state index contributed by atoms with van der Waals surface area (Å²) in [5, 5.41) is 2.83. The van der Waals surface area contributed by atoms with Crippen LogP contribution >= 0.6 is 0 Å². The van der Waals surface area contributed by atoms with E-state index in [1.165, 1.54) is 32.4 Å². The zero-order valence-electron chi connectivity index (χ0n) is 13.3. The van der Waals surface area contributed by atoms with Crippen LogP contribution in [0.15, 0.2) is 4.99 Å². The maximum Gasteiger partial charge on any atom is 0.390 e. The number of guanidine groups is 1. The Morgan fingerprint density at radius 3 is 2.55 bits per heavy atom. The van der Waals surface area contributed by atoms with E-state index >= 15 is 0 Å². The average molecular weight is 320 g/mol. The highest BCUT2D eigenvalue weighted by Crippen LogP contribution is 2.21. The quantitative estimate of drug-likeness (QED) is 0.637. The van der Waals surface area contributed by atoms with E-state index in [0.29, 0.717) is 11.9 Å². The van der Waals surface area contributed by atoms with Crippen LogP contribution in [0.4, 0.5) is 13.2 Å². The summed E-state index contributed by atoms with van der Waals surface area (Å²) in [6.07, 6.45) is 0.0679. The Kier molecular flexibility index (Phi) is 6.35. The van der Waals surface area contributed by atoms with Gasteiger partial charge in [-0.25, -0.2) is 0 Å². The molecule has 1 atom stereocenters. The Labute approximate surface area is 130 Å². The van der Waals surface area contributed by atoms with Gasteiger partial charge in [0.1, 0.15) is 0 Å². The molecule has 0 spiro atoms. The number of likely N-dealkylation sites (tertiary alicyclic amines) is 2. The second kappa shape index (κ2) is 8.04. The molecule has 0 bridgehead atoms. The summed E-state index contributed by atoms with van der Waals surface area (Å²) in [6.45, 7) is 5.15. The zero-order chi connectivity index (χ0) is 16.0. The molecule has 0 saturated carbocycles. The van der Waals surface area contributed by atoms with E-state index in [2.05, 4.69) is 20.1 Å². The predicted molar refractivity (Wildman–Crippen MR) is 82.0 cm³/mol. The van der Waals surface area contributed by atoms with Gasteiger partial charge in [0.15, 0.2) is 5.96 Å². The van der Waals surface area contributed by atoms with Gasteiger partial charge in [0.25, 0.3) is 0 Å². The normalized spacial score (nSPS) is 24.8. The number of piperidine rings is 1. The smallest absolute Gasteiger partial charge is 0.356 e. The van der Waals surface area contributed by atoms with Crippen molar-refractivity contribution >= 4 is 5.96 Å². The molecule has 7 heteroatoms. The van der Waals surface area contributed by atoms with E-state index in [-0.39, 0.29) is 6.54 Å². The van der Waals surface area contributed by atoms with Crippen molar-refractivity contribution in [3.8, 4) is 0 Å². The van der Waals surface area contributed by atoms with Gasteiger partial charge >= 0.3 is 6.18 Å². The molecule has 0 radical (unpaired) electrons. The summed E-state index contributed by atoms with van der Waals surface area (Å²) in [5.74, 6) is 1.20. The molecule has 0 aromatic carbocycles. The van der Waals surface area contributed by atoms with Gasteiger partial charge in [0.2, 0.25) is 0 Å². The van der Waals surface area contributed by atoms with Crippen LogP contribution in [0.3, 0.4) is 0 Å². The number of alkyl halides is 3. The van der Waals surface area contributed by atoms with Crippen LogP contribution in [-0.4, -0.2) is 68.3 Å². The minimum absolute atomic E-state index is 0.108. The molecular formula is C15H27F3N4. The van der Waals surface area contributed by atoms with E-state index in [1.807, 2.05) is 0 Å². The lowest BCUT2D eigenvalue weighted by Crippen LogP contribution is -2.42. The Hall–Kier alpha value is -0.980. The molecule has 2 aliphatic heterocycles. The van der Waals surface area contributed by atoms with Crippen molar-refractivity contribution in [3.05, 3.63) is 0 Å². The van der Waals surface area contributed by atoms with Crippen LogP contribution in [0.1, 0.15) is 32.1 Å². The molecule has 2 fully saturated rings. The third-order valence-corrected chi connectivity index (χ3v) is 4.45. The molecule has 22 heavy (non-hydrogen) atoms. The van der Waals surface area contributed by atoms with Crippen LogP contribution in [0.2, 0.25) is 0 Å². The number of nitrogens with zero attached hydrogens (tertiary/aromatic N) is 3. The number of nitrogens with one attached hydrogen (secondary N) is 1. The van der Waals surface area contributed by atoms with Crippen molar-refractivity contribution in [1.29, 1.82) is 0 Å². The Balaban J connectivity index is 1.73. The molecule has 2 aliphatic rings. The molecule has 0 aromatic heterocycles. The van der Waals surface area contributed by atoms with E-state index in [9.17, 15) is 13.2 Å². The third kappa shape index (κ3) is 5.66. The monoisotopic (exact) mass is 320 g/mol. The second-order valence-corrected chi connectivity index (χ2v) is 6.30. The molecule has 2 rings (SSSR count). The number of hydrogen-bond acceptors (Lipinski definition) is 2. The third-order valence-electron chi connectivity index (χ3n) is 4.45. The first-order valence-corrected chi connectivity index (χ1v) is 8.22. The molecule has 1 N–H and O–H groups in total. The summed E-state index contributed by atoms with van der Waals surface area (Å²) < 4.78 is 36.6. The minimum Gasteiger partial charge on any atom is -0.356 e. The topological polar surface area (TPSA) is 30.9 Å². The average Bonchev–Trinajstić information content (AvgIpc) is 2.92. The maximum absolute atomic E-state index is 12.2. The number of halogens is 3. The highest BCUT2D eigenvalue weighted by Gasteiger charge is 2.29. The largest absolute Gasteiger partial charge is 0.390 e. The van der Waals surface area contributed by atoms with Crippen LogP contribution in [-0.2, 0) is 0 Å². The van der Waals surface area contributed by atoms with Gasteiger partial charge in [0, 0.05) is 33.2 Å². The van der Waals surface area contributed by atoms with Crippen molar-refractivity contribution < 1.29 is 13.2 Å². The zero-order valence-corrected chi connectivity index (χ0v) is 13.3. The van der Waals surface area contributed by atoms with E-state index in [4.69, 9.17) is 0 Å². The second-order valence-electron chi connectivity index (χ2n) is 6.30. The predicted octanol–water partition coefficient (Wildman–Crippen LogP) is 2.32. The highest BCUT2D eigenvalue weighted by molar-refractivity contribution is 5.80. The van der Waals surface area contributed by atoms with Crippen LogP contribution < -0.4 is 5.32 Å². The van der Waals surface area contributed by atoms with Gasteiger partial charge in [0.05, 0.1) is 6.42 Å². The number of rotatable bonds is 4. The molecule has 0 aliphatic carbocycles. The molecule has 0 amide bonds. The first-order valence-electron chi connectivity index (χ1n) is 8.22. The summed E-state index contributed by atoms with van der Waals surface area (Å²) in [5.41, 5.74) is 0. The summed E-state index contributed by atoms with van der Waals surface area (Å²) in [4.78, 5) is 8.73. The fourth-order valence-electron chi connectivity index (χ4n) is 3.33. The van der Waals surface area contributed by atoms with Crippen LogP contribution in [0.5, 0.6) is 0 Å². The molecule has 0 aromatic rings. The van der Waals surface area contributed by atoms with Gasteiger partial charge in [-0.05, 0) is 38.3 Å². The maximum atomic E-state index is 12.2. The molecule has 4 nitrogen and oxygen atoms in total. The van der Waals surface area contributed by atoms with Crippen molar-refractivity contribution in [2.24, 2.45) is 10.9 Å². The van der Waals surface area contributed by atoms with Crippen molar-refractivity contribution in [3.63, 3.8) is 0 Å². The molecule has 2 heterocycles. The van der Waals surface area contributed by atoms with Crippen molar-refractivity contribution in [2.75, 3.05) is 46.3 Å². The molecule has 1 unspecified atom stereocenters. The Bertz CT molecular complexity index is 364. The summed E-state index contributed by atoms with van der Waals surface area (Å²) in [6, 6.07) is 0. The fourth-order valence-corrected chi connectivity index (χ4v) is 3.33. The van der Waals surface area contributed by atoms with Gasteiger partial charge in [-0.1, -0.05) is 6.42 Å². The molecule has 2 saturated heterocycles. The van der Waals surface area contributed by atoms with Gasteiger partial charge < -0.3 is 15.1 Å². The molecule has 128 valence electrons. The Morgan fingerprint density at radius 2 is 1.91 bits per heavy atom. The molecular weight excluding hydrogens is 293 g/mol. The van der Waals surface area contributed by atoms with E-state index < -0.39 is 12.6 Å². The van der Waals surface area contributed by atoms with Gasteiger partial charge in [-0.3, -0.25) is 4.99 Å². The SMILES string of the molecule is CN=C(NCCC(F)(F)F)N1CCC(CN2CCCCC2)C1. The number of aliphatic imine (C=N–C) groups is 1. The first-order chi connectivity index (χ1) is 10.5. The fraction of sp³-hybridized carbons (Fsp3) is 0.933. The lowest BCUT2D eigenvalue weighted by Gasteiger charge is -2.29. The first kappa shape index (κ1) is 17.4. The summed E-state index contributed by atoms with van der Waals surface area (Å²) in [7, 11) is 1.63. The van der Waals surface area contributed by atoms with E-state index in [1.54, 1.807) is 7.05 Å². The van der Waals surface area contributed by atoms with Crippen molar-refractivity contribution in [2.45, 2.75) is 38.3 Å². The van der Waals surface area contributed by atoms with Gasteiger partial charge in [-0.2, -0.15) is 13.2 Å². The lowest BCUT2D eigenvalue weighted by molar-refractivity contribution is -0.132. The van der Waals surface area contributed by atoms with Gasteiger partial charge in [-0.15, -0.1) is 0 Å². The highest BCUT2D eigenvalue weighted by atomic mass is 19.4. The minimum atomic E-state index is -4.12. The van der Waals surface area contributed by atoms with Crippen molar-refractivity contribution in [1.82, 2.24) is 15.1 Å². The number of hydrogen-bond donors (Lipinski definition) is 1.